The molecular weight excluding hydrogens is 308 g/mol. The molecule has 0 atom stereocenters. The number of nitrogens with zero attached hydrogens (tertiary/aromatic N) is 1. The summed E-state index contributed by atoms with van der Waals surface area (Å²) in [5.41, 5.74) is 0.726. The normalized spacial score (nSPS) is 13.6. The Bertz CT molecular complexity index is 560. The molecule has 0 unspecified atom stereocenters. The number of fused-ring (bicyclic) bond motifs is 1. The molecule has 2 rings (SSSR count). The van der Waals surface area contributed by atoms with Gasteiger partial charge in [0.25, 0.3) is 5.91 Å². The van der Waals surface area contributed by atoms with Crippen molar-refractivity contribution < 1.29 is 19.1 Å². The van der Waals surface area contributed by atoms with Crippen LogP contribution in [0.2, 0.25) is 0 Å². The highest BCUT2D eigenvalue weighted by Gasteiger charge is 2.25. The zero-order chi connectivity index (χ0) is 17.4. The lowest BCUT2D eigenvalue weighted by Crippen LogP contribution is -2.41. The molecular formula is C18H26N2O4. The molecule has 24 heavy (non-hydrogen) atoms. The van der Waals surface area contributed by atoms with Crippen molar-refractivity contribution in [3.63, 3.8) is 0 Å². The van der Waals surface area contributed by atoms with E-state index in [1.807, 2.05) is 24.3 Å². The summed E-state index contributed by atoms with van der Waals surface area (Å²) in [4.78, 5) is 25.5. The summed E-state index contributed by atoms with van der Waals surface area (Å²) in [6, 6.07) is 7.37. The van der Waals surface area contributed by atoms with Gasteiger partial charge in [-0.1, -0.05) is 26.0 Å². The number of amides is 2. The van der Waals surface area contributed by atoms with E-state index in [1.165, 1.54) is 0 Å². The maximum atomic E-state index is 12.0. The summed E-state index contributed by atoms with van der Waals surface area (Å²) in [5.74, 6) is 1.02. The van der Waals surface area contributed by atoms with Crippen LogP contribution in [0.5, 0.6) is 5.75 Å². The third-order valence-corrected chi connectivity index (χ3v) is 3.61. The van der Waals surface area contributed by atoms with Crippen LogP contribution in [0.3, 0.4) is 0 Å². The Morgan fingerprint density at radius 3 is 2.96 bits per heavy atom. The predicted molar refractivity (Wildman–Crippen MR) is 92.2 cm³/mol. The SMILES string of the molecule is CC(C)COCCCNC(=O)CCN1C(=O)COc2ccccc21. The van der Waals surface area contributed by atoms with Gasteiger partial charge in [-0.3, -0.25) is 9.59 Å². The Morgan fingerprint density at radius 1 is 1.38 bits per heavy atom. The molecule has 1 aliphatic heterocycles. The molecule has 0 saturated heterocycles. The van der Waals surface area contributed by atoms with Crippen LogP contribution in [0, 0.1) is 5.92 Å². The molecule has 0 fully saturated rings. The molecule has 6 heteroatoms. The second kappa shape index (κ2) is 9.27. The molecule has 0 aliphatic carbocycles. The Balaban J connectivity index is 1.69. The monoisotopic (exact) mass is 334 g/mol. The standard InChI is InChI=1S/C18H26N2O4/c1-14(2)12-23-11-5-9-19-17(21)8-10-20-15-6-3-4-7-16(15)24-13-18(20)22/h3-4,6-7,14H,5,8-13H2,1-2H3,(H,19,21). The van der Waals surface area contributed by atoms with Crippen LogP contribution in [-0.2, 0) is 14.3 Å². The fraction of sp³-hybridized carbons (Fsp3) is 0.556. The summed E-state index contributed by atoms with van der Waals surface area (Å²) in [7, 11) is 0. The molecule has 1 N–H and O–H groups in total. The van der Waals surface area contributed by atoms with E-state index >= 15 is 0 Å². The van der Waals surface area contributed by atoms with Gasteiger partial charge in [-0.25, -0.2) is 0 Å². The zero-order valence-electron chi connectivity index (χ0n) is 14.4. The molecule has 1 aromatic rings. The number of anilines is 1. The number of hydrogen-bond donors (Lipinski definition) is 1. The van der Waals surface area contributed by atoms with Crippen molar-refractivity contribution >= 4 is 17.5 Å². The van der Waals surface area contributed by atoms with Gasteiger partial charge in [-0.05, 0) is 24.5 Å². The number of nitrogens with one attached hydrogen (secondary N) is 1. The van der Waals surface area contributed by atoms with Crippen molar-refractivity contribution in [3.05, 3.63) is 24.3 Å². The van der Waals surface area contributed by atoms with Gasteiger partial charge in [-0.2, -0.15) is 0 Å². The first kappa shape index (κ1) is 18.3. The van der Waals surface area contributed by atoms with Crippen LogP contribution in [0.25, 0.3) is 0 Å². The first-order valence-corrected chi connectivity index (χ1v) is 8.44. The van der Waals surface area contributed by atoms with Gasteiger partial charge in [-0.15, -0.1) is 0 Å². The van der Waals surface area contributed by atoms with Crippen LogP contribution in [0.15, 0.2) is 24.3 Å². The molecule has 0 saturated carbocycles. The molecule has 1 aliphatic rings. The van der Waals surface area contributed by atoms with Crippen molar-refractivity contribution in [1.29, 1.82) is 0 Å². The van der Waals surface area contributed by atoms with E-state index in [2.05, 4.69) is 19.2 Å². The van der Waals surface area contributed by atoms with E-state index in [4.69, 9.17) is 9.47 Å². The average molecular weight is 334 g/mol. The van der Waals surface area contributed by atoms with Crippen molar-refractivity contribution in [2.45, 2.75) is 26.7 Å². The first-order valence-electron chi connectivity index (χ1n) is 8.44. The van der Waals surface area contributed by atoms with Gasteiger partial charge in [0, 0.05) is 32.7 Å². The summed E-state index contributed by atoms with van der Waals surface area (Å²) in [6.45, 7) is 6.56. The van der Waals surface area contributed by atoms with Gasteiger partial charge in [0.1, 0.15) is 5.75 Å². The minimum Gasteiger partial charge on any atom is -0.482 e. The number of carbonyl (C=O) groups excluding carboxylic acids is 2. The molecule has 0 bridgehead atoms. The summed E-state index contributed by atoms with van der Waals surface area (Å²) >= 11 is 0. The maximum absolute atomic E-state index is 12.0. The number of rotatable bonds is 9. The predicted octanol–water partition coefficient (Wildman–Crippen LogP) is 1.98. The maximum Gasteiger partial charge on any atom is 0.265 e. The third-order valence-electron chi connectivity index (χ3n) is 3.61. The smallest absolute Gasteiger partial charge is 0.265 e. The zero-order valence-corrected chi connectivity index (χ0v) is 14.4. The molecule has 0 radical (unpaired) electrons. The van der Waals surface area contributed by atoms with Crippen LogP contribution < -0.4 is 15.0 Å². The topological polar surface area (TPSA) is 67.9 Å². The molecule has 1 aromatic carbocycles. The van der Waals surface area contributed by atoms with Crippen LogP contribution in [0.4, 0.5) is 5.69 Å². The fourth-order valence-corrected chi connectivity index (χ4v) is 2.42. The number of para-hydroxylation sites is 2. The van der Waals surface area contributed by atoms with E-state index in [0.717, 1.165) is 18.7 Å². The van der Waals surface area contributed by atoms with Crippen molar-refractivity contribution in [2.24, 2.45) is 5.92 Å². The molecule has 1 heterocycles. The summed E-state index contributed by atoms with van der Waals surface area (Å²) in [5, 5.41) is 2.86. The number of carbonyl (C=O) groups is 2. The second-order valence-corrected chi connectivity index (χ2v) is 6.22. The molecule has 0 aromatic heterocycles. The highest BCUT2D eigenvalue weighted by Crippen LogP contribution is 2.31. The lowest BCUT2D eigenvalue weighted by molar-refractivity contribution is -0.122. The van der Waals surface area contributed by atoms with Gasteiger partial charge >= 0.3 is 0 Å². The largest absolute Gasteiger partial charge is 0.482 e. The van der Waals surface area contributed by atoms with Crippen LogP contribution in [0.1, 0.15) is 26.7 Å². The Hall–Kier alpha value is -2.08. The summed E-state index contributed by atoms with van der Waals surface area (Å²) in [6.07, 6.45) is 1.06. The molecule has 2 amide bonds. The number of hydrogen-bond acceptors (Lipinski definition) is 4. The molecule has 6 nitrogen and oxygen atoms in total. The van der Waals surface area contributed by atoms with Gasteiger partial charge < -0.3 is 19.7 Å². The van der Waals surface area contributed by atoms with Gasteiger partial charge in [0.15, 0.2) is 6.61 Å². The minimum absolute atomic E-state index is 0.0197. The van der Waals surface area contributed by atoms with E-state index in [9.17, 15) is 9.59 Å². The number of benzene rings is 1. The Morgan fingerprint density at radius 2 is 2.17 bits per heavy atom. The van der Waals surface area contributed by atoms with Gasteiger partial charge in [0.2, 0.25) is 5.91 Å². The van der Waals surface area contributed by atoms with Crippen LogP contribution in [-0.4, -0.2) is 44.7 Å². The quantitative estimate of drug-likeness (QED) is 0.701. The van der Waals surface area contributed by atoms with Crippen LogP contribution >= 0.6 is 0 Å². The lowest BCUT2D eigenvalue weighted by atomic mass is 10.2. The average Bonchev–Trinajstić information content (AvgIpc) is 2.57. The number of ether oxygens (including phenoxy) is 2. The lowest BCUT2D eigenvalue weighted by Gasteiger charge is -2.29. The van der Waals surface area contributed by atoms with E-state index in [-0.39, 0.29) is 24.8 Å². The molecule has 132 valence electrons. The Kier molecular flexibility index (Phi) is 7.06. The summed E-state index contributed by atoms with van der Waals surface area (Å²) < 4.78 is 10.9. The highest BCUT2D eigenvalue weighted by molar-refractivity contribution is 5.98. The highest BCUT2D eigenvalue weighted by atomic mass is 16.5. The fourth-order valence-electron chi connectivity index (χ4n) is 2.42. The molecule has 0 spiro atoms. The third kappa shape index (κ3) is 5.53. The minimum atomic E-state index is -0.122. The van der Waals surface area contributed by atoms with Crippen molar-refractivity contribution in [2.75, 3.05) is 37.8 Å². The van der Waals surface area contributed by atoms with Crippen molar-refractivity contribution in [3.8, 4) is 5.75 Å². The van der Waals surface area contributed by atoms with E-state index in [1.54, 1.807) is 4.90 Å². The second-order valence-electron chi connectivity index (χ2n) is 6.22. The van der Waals surface area contributed by atoms with Crippen molar-refractivity contribution in [1.82, 2.24) is 5.32 Å². The first-order chi connectivity index (χ1) is 11.6. The van der Waals surface area contributed by atoms with E-state index < -0.39 is 0 Å². The Labute approximate surface area is 143 Å². The van der Waals surface area contributed by atoms with E-state index in [0.29, 0.717) is 31.4 Å². The van der Waals surface area contributed by atoms with Gasteiger partial charge in [0.05, 0.1) is 5.69 Å².